The second-order valence-electron chi connectivity index (χ2n) is 4.78. The predicted molar refractivity (Wildman–Crippen MR) is 77.5 cm³/mol. The van der Waals surface area contributed by atoms with Crippen molar-refractivity contribution in [3.63, 3.8) is 0 Å². The highest BCUT2D eigenvalue weighted by Crippen LogP contribution is 2.22. The molecule has 2 aliphatic rings. The van der Waals surface area contributed by atoms with Gasteiger partial charge in [0.15, 0.2) is 0 Å². The number of aliphatic hydroxyl groups is 1. The summed E-state index contributed by atoms with van der Waals surface area (Å²) in [6.07, 6.45) is 5.21. The Labute approximate surface area is 112 Å². The first-order valence-corrected chi connectivity index (χ1v) is 6.14. The molecule has 0 saturated heterocycles. The van der Waals surface area contributed by atoms with E-state index in [-0.39, 0.29) is 11.8 Å². The molecule has 2 N–H and O–H groups in total. The van der Waals surface area contributed by atoms with Gasteiger partial charge in [-0.3, -0.25) is 0 Å². The van der Waals surface area contributed by atoms with Crippen LogP contribution in [0.1, 0.15) is 0 Å². The van der Waals surface area contributed by atoms with Crippen LogP contribution in [0.15, 0.2) is 53.4 Å². The zero-order valence-corrected chi connectivity index (χ0v) is 10.9. The average molecular weight is 256 g/mol. The minimum absolute atomic E-state index is 0.0569. The fourth-order valence-corrected chi connectivity index (χ4v) is 2.09. The number of nitrogens with one attached hydrogen (secondary N) is 1. The summed E-state index contributed by atoms with van der Waals surface area (Å²) < 4.78 is 0. The number of benzene rings is 1. The summed E-state index contributed by atoms with van der Waals surface area (Å²) in [5, 5.41) is 15.7. The van der Waals surface area contributed by atoms with Gasteiger partial charge in [-0.2, -0.15) is 15.6 Å². The topological polar surface area (TPSA) is 51.1 Å². The maximum absolute atomic E-state index is 9.47. The minimum Gasteiger partial charge on any atom is -0.508 e. The summed E-state index contributed by atoms with van der Waals surface area (Å²) >= 11 is 0. The molecule has 1 atom stereocenters. The zero-order chi connectivity index (χ0) is 13.4. The van der Waals surface area contributed by atoms with Crippen molar-refractivity contribution in [1.29, 1.82) is 0 Å². The molecule has 1 unspecified atom stereocenters. The number of hydrogen-bond acceptors (Lipinski definition) is 5. The maximum Gasteiger partial charge on any atom is 0.113 e. The van der Waals surface area contributed by atoms with Crippen molar-refractivity contribution in [2.45, 2.75) is 6.04 Å². The normalized spacial score (nSPS) is 20.9. The highest BCUT2D eigenvalue weighted by Gasteiger charge is 2.25. The summed E-state index contributed by atoms with van der Waals surface area (Å²) in [6, 6.07) is 8.05. The predicted octanol–water partition coefficient (Wildman–Crippen LogP) is 1.81. The van der Waals surface area contributed by atoms with E-state index in [2.05, 4.69) is 15.4 Å². The summed E-state index contributed by atoms with van der Waals surface area (Å²) in [7, 11) is 4.02. The van der Waals surface area contributed by atoms with Gasteiger partial charge in [-0.15, -0.1) is 0 Å². The van der Waals surface area contributed by atoms with Crippen molar-refractivity contribution < 1.29 is 5.11 Å². The van der Waals surface area contributed by atoms with Gasteiger partial charge in [0.25, 0.3) is 0 Å². The van der Waals surface area contributed by atoms with Crippen LogP contribution in [0.3, 0.4) is 0 Å². The number of hydrogen-bond donors (Lipinski definition) is 2. The molecule has 0 amide bonds. The first kappa shape index (κ1) is 11.8. The van der Waals surface area contributed by atoms with Crippen LogP contribution in [0.5, 0.6) is 0 Å². The van der Waals surface area contributed by atoms with E-state index in [1.54, 1.807) is 17.3 Å². The molecule has 5 nitrogen and oxygen atoms in total. The van der Waals surface area contributed by atoms with Crippen molar-refractivity contribution in [2.75, 3.05) is 24.1 Å². The SMILES string of the molecule is CN(C)c1ccc(N2N=C3C=CC(O)=CC3N2)cc1. The van der Waals surface area contributed by atoms with Crippen LogP contribution in [0, 0.1) is 0 Å². The molecular formula is C14H16N4O. The number of nitrogens with zero attached hydrogens (tertiary/aromatic N) is 3. The van der Waals surface area contributed by atoms with Gasteiger partial charge in [-0.05, 0) is 42.5 Å². The molecular weight excluding hydrogens is 240 g/mol. The lowest BCUT2D eigenvalue weighted by atomic mass is 10.1. The van der Waals surface area contributed by atoms with Gasteiger partial charge in [0, 0.05) is 19.8 Å². The molecule has 0 bridgehead atoms. The van der Waals surface area contributed by atoms with Gasteiger partial charge in [-0.25, -0.2) is 0 Å². The summed E-state index contributed by atoms with van der Waals surface area (Å²) in [5.74, 6) is 0.265. The van der Waals surface area contributed by atoms with Crippen LogP contribution in [-0.2, 0) is 0 Å². The van der Waals surface area contributed by atoms with E-state index >= 15 is 0 Å². The molecule has 3 rings (SSSR count). The van der Waals surface area contributed by atoms with Crippen LogP contribution in [0.25, 0.3) is 0 Å². The third-order valence-corrected chi connectivity index (χ3v) is 3.17. The molecule has 1 heterocycles. The zero-order valence-electron chi connectivity index (χ0n) is 10.9. The highest BCUT2D eigenvalue weighted by atomic mass is 16.3. The van der Waals surface area contributed by atoms with Crippen LogP contribution in [0.2, 0.25) is 0 Å². The number of fused-ring (bicyclic) bond motifs is 1. The van der Waals surface area contributed by atoms with Gasteiger partial charge in [0.1, 0.15) is 5.76 Å². The number of aliphatic hydroxyl groups excluding tert-OH is 1. The van der Waals surface area contributed by atoms with Crippen LogP contribution >= 0.6 is 0 Å². The second kappa shape index (κ2) is 4.44. The van der Waals surface area contributed by atoms with E-state index in [4.69, 9.17) is 0 Å². The molecule has 0 saturated carbocycles. The molecule has 5 heteroatoms. The Bertz CT molecular complexity index is 572. The van der Waals surface area contributed by atoms with Crippen molar-refractivity contribution in [3.8, 4) is 0 Å². The first-order chi connectivity index (χ1) is 9.13. The Morgan fingerprint density at radius 2 is 1.95 bits per heavy atom. The third-order valence-electron chi connectivity index (χ3n) is 3.17. The Morgan fingerprint density at radius 1 is 1.21 bits per heavy atom. The largest absolute Gasteiger partial charge is 0.508 e. The molecule has 98 valence electrons. The second-order valence-corrected chi connectivity index (χ2v) is 4.78. The average Bonchev–Trinajstić information content (AvgIpc) is 2.81. The number of rotatable bonds is 2. The smallest absolute Gasteiger partial charge is 0.113 e. The van der Waals surface area contributed by atoms with Crippen LogP contribution < -0.4 is 15.4 Å². The van der Waals surface area contributed by atoms with Gasteiger partial charge in [0.2, 0.25) is 0 Å². The Hall–Kier alpha value is -2.27. The Balaban J connectivity index is 1.82. The summed E-state index contributed by atoms with van der Waals surface area (Å²) in [6.45, 7) is 0. The molecule has 1 aliphatic heterocycles. The van der Waals surface area contributed by atoms with Gasteiger partial charge in [0.05, 0.1) is 17.4 Å². The van der Waals surface area contributed by atoms with E-state index in [0.717, 1.165) is 17.1 Å². The standard InChI is InChI=1S/C14H16N4O/c1-17(2)10-3-5-11(6-4-10)18-15-13-8-7-12(19)9-14(13)16-18/h3-9,14,16,19H,1-2H3. The molecule has 19 heavy (non-hydrogen) atoms. The van der Waals surface area contributed by atoms with E-state index in [9.17, 15) is 5.11 Å². The van der Waals surface area contributed by atoms with Crippen molar-refractivity contribution in [1.82, 2.24) is 5.43 Å². The van der Waals surface area contributed by atoms with Crippen LogP contribution in [0.4, 0.5) is 11.4 Å². The van der Waals surface area contributed by atoms with Crippen LogP contribution in [-0.4, -0.2) is 31.0 Å². The minimum atomic E-state index is -0.0569. The van der Waals surface area contributed by atoms with Crippen molar-refractivity contribution in [3.05, 3.63) is 48.3 Å². The lowest BCUT2D eigenvalue weighted by Gasteiger charge is -2.18. The Kier molecular flexibility index (Phi) is 2.76. The maximum atomic E-state index is 9.47. The number of hydrazine groups is 1. The molecule has 1 aromatic carbocycles. The fraction of sp³-hybridized carbons (Fsp3) is 0.214. The molecule has 0 spiro atoms. The summed E-state index contributed by atoms with van der Waals surface area (Å²) in [5.41, 5.74) is 6.22. The van der Waals surface area contributed by atoms with Crippen molar-refractivity contribution in [2.24, 2.45) is 5.10 Å². The van der Waals surface area contributed by atoms with Gasteiger partial charge >= 0.3 is 0 Å². The fourth-order valence-electron chi connectivity index (χ4n) is 2.09. The lowest BCUT2D eigenvalue weighted by molar-refractivity contribution is 0.427. The molecule has 1 aromatic rings. The lowest BCUT2D eigenvalue weighted by Crippen LogP contribution is -2.37. The first-order valence-electron chi connectivity index (χ1n) is 6.14. The number of allylic oxidation sites excluding steroid dienone is 1. The number of hydrazone groups is 1. The van der Waals surface area contributed by atoms with E-state index in [1.165, 1.54) is 0 Å². The summed E-state index contributed by atoms with van der Waals surface area (Å²) in [4.78, 5) is 2.05. The molecule has 0 fully saturated rings. The number of anilines is 2. The molecule has 0 aromatic heterocycles. The van der Waals surface area contributed by atoms with E-state index in [0.29, 0.717) is 0 Å². The van der Waals surface area contributed by atoms with Crippen molar-refractivity contribution >= 4 is 17.1 Å². The molecule has 0 radical (unpaired) electrons. The molecule has 1 aliphatic carbocycles. The van der Waals surface area contributed by atoms with E-state index in [1.807, 2.05) is 44.4 Å². The van der Waals surface area contributed by atoms with Gasteiger partial charge < -0.3 is 10.0 Å². The third kappa shape index (κ3) is 2.20. The van der Waals surface area contributed by atoms with E-state index < -0.39 is 0 Å². The highest BCUT2D eigenvalue weighted by molar-refractivity contribution is 6.04. The van der Waals surface area contributed by atoms with Gasteiger partial charge in [-0.1, -0.05) is 0 Å². The monoisotopic (exact) mass is 256 g/mol. The Morgan fingerprint density at radius 3 is 2.63 bits per heavy atom. The quantitative estimate of drug-likeness (QED) is 0.847.